The highest BCUT2D eigenvalue weighted by molar-refractivity contribution is 7.21. The molecule has 0 radical (unpaired) electrons. The van der Waals surface area contributed by atoms with Gasteiger partial charge in [0, 0.05) is 23.7 Å². The number of aromatic nitrogens is 5. The van der Waals surface area contributed by atoms with Crippen LogP contribution in [0.15, 0.2) is 12.3 Å². The third kappa shape index (κ3) is 4.60. The lowest BCUT2D eigenvalue weighted by Gasteiger charge is -2.12. The van der Waals surface area contributed by atoms with Crippen LogP contribution in [-0.4, -0.2) is 41.3 Å². The molecule has 0 bridgehead atoms. The summed E-state index contributed by atoms with van der Waals surface area (Å²) in [7, 11) is 1.60. The summed E-state index contributed by atoms with van der Waals surface area (Å²) < 4.78 is 43.4. The summed E-state index contributed by atoms with van der Waals surface area (Å²) in [6, 6.07) is 0.806. The van der Waals surface area contributed by atoms with Gasteiger partial charge in [0.1, 0.15) is 21.9 Å². The van der Waals surface area contributed by atoms with Crippen LogP contribution < -0.4 is 11.1 Å². The number of aryl methyl sites for hydroxylation is 1. The van der Waals surface area contributed by atoms with Crippen molar-refractivity contribution in [2.45, 2.75) is 26.6 Å². The number of carbonyl (C=O) groups is 2. The topological polar surface area (TPSA) is 164 Å². The molecule has 17 heteroatoms. The zero-order valence-electron chi connectivity index (χ0n) is 19.2. The number of nitrogens with one attached hydrogen (secondary N) is 1. The first-order valence-electron chi connectivity index (χ1n) is 10.2. The van der Waals surface area contributed by atoms with Gasteiger partial charge in [0.2, 0.25) is 5.91 Å². The highest BCUT2D eigenvalue weighted by Crippen LogP contribution is 2.44. The minimum absolute atomic E-state index is 0.0240. The van der Waals surface area contributed by atoms with E-state index in [1.807, 2.05) is 0 Å². The van der Waals surface area contributed by atoms with Gasteiger partial charge in [0.25, 0.3) is 5.91 Å². The van der Waals surface area contributed by atoms with Gasteiger partial charge in [0.05, 0.1) is 22.7 Å². The lowest BCUT2D eigenvalue weighted by atomic mass is 10.0. The Labute approximate surface area is 214 Å². The maximum absolute atomic E-state index is 13.7. The van der Waals surface area contributed by atoms with Gasteiger partial charge >= 0.3 is 12.0 Å². The predicted molar refractivity (Wildman–Crippen MR) is 127 cm³/mol. The monoisotopic (exact) mass is 556 g/mol. The van der Waals surface area contributed by atoms with Gasteiger partial charge in [-0.1, -0.05) is 11.6 Å². The van der Waals surface area contributed by atoms with Crippen LogP contribution in [0, 0.1) is 24.0 Å². The number of nitrogens with zero attached hydrogens (tertiary/aromatic N) is 6. The van der Waals surface area contributed by atoms with E-state index in [2.05, 4.69) is 20.5 Å². The smallest absolute Gasteiger partial charge is 0.365 e. The molecule has 4 aromatic heterocycles. The second-order valence-electron chi connectivity index (χ2n) is 7.86. The van der Waals surface area contributed by atoms with Crippen LogP contribution in [0.2, 0.25) is 5.02 Å². The number of amides is 2. The SMILES string of the molecule is Cc1c(-c2cc(C(F)(F)F)nc3sc(C(N)=O)c(NC(=O)Cn4nc([N+](=O)[O-])c(Cl)c4C)c23)cnn1C. The second-order valence-corrected chi connectivity index (χ2v) is 9.23. The van der Waals surface area contributed by atoms with Crippen LogP contribution in [0.3, 0.4) is 0 Å². The lowest BCUT2D eigenvalue weighted by Crippen LogP contribution is -2.22. The van der Waals surface area contributed by atoms with Gasteiger partial charge < -0.3 is 21.2 Å². The quantitative estimate of drug-likeness (QED) is 0.269. The molecule has 0 saturated carbocycles. The fourth-order valence-corrected chi connectivity index (χ4v) is 4.82. The number of alkyl halides is 3. The Morgan fingerprint density at radius 2 is 1.95 bits per heavy atom. The molecule has 0 saturated heterocycles. The van der Waals surface area contributed by atoms with Gasteiger partial charge in [-0.05, 0) is 30.4 Å². The predicted octanol–water partition coefficient (Wildman–Crippen LogP) is 3.83. The maximum Gasteiger partial charge on any atom is 0.433 e. The number of carbonyl (C=O) groups excluding carboxylic acids is 2. The molecule has 194 valence electrons. The molecule has 12 nitrogen and oxygen atoms in total. The molecule has 4 heterocycles. The van der Waals surface area contributed by atoms with E-state index in [9.17, 15) is 32.9 Å². The molecular formula is C20H16ClF3N8O4S. The number of rotatable bonds is 6. The molecule has 37 heavy (non-hydrogen) atoms. The molecule has 0 aliphatic heterocycles. The van der Waals surface area contributed by atoms with Gasteiger partial charge in [-0.2, -0.15) is 23.0 Å². The zero-order valence-corrected chi connectivity index (χ0v) is 20.7. The minimum atomic E-state index is -4.80. The number of hydrogen-bond donors (Lipinski definition) is 2. The molecular weight excluding hydrogens is 541 g/mol. The molecule has 0 aliphatic rings. The van der Waals surface area contributed by atoms with E-state index in [4.69, 9.17) is 17.3 Å². The van der Waals surface area contributed by atoms with Crippen molar-refractivity contribution in [1.82, 2.24) is 24.5 Å². The Morgan fingerprint density at radius 1 is 1.27 bits per heavy atom. The highest BCUT2D eigenvalue weighted by Gasteiger charge is 2.35. The Morgan fingerprint density at radius 3 is 2.46 bits per heavy atom. The zero-order chi connectivity index (χ0) is 27.4. The molecule has 4 aromatic rings. The van der Waals surface area contributed by atoms with Gasteiger partial charge in [-0.15, -0.1) is 11.3 Å². The van der Waals surface area contributed by atoms with E-state index >= 15 is 0 Å². The first kappa shape index (κ1) is 26.0. The number of hydrogen-bond acceptors (Lipinski definition) is 8. The summed E-state index contributed by atoms with van der Waals surface area (Å²) in [6.45, 7) is 2.50. The summed E-state index contributed by atoms with van der Waals surface area (Å²) in [5, 5.41) is 21.2. The van der Waals surface area contributed by atoms with Gasteiger partial charge in [-0.25, -0.2) is 4.98 Å². The van der Waals surface area contributed by atoms with E-state index < -0.39 is 41.0 Å². The number of nitrogens with two attached hydrogens (primary N) is 1. The summed E-state index contributed by atoms with van der Waals surface area (Å²) in [6.07, 6.45) is -3.45. The van der Waals surface area contributed by atoms with Crippen molar-refractivity contribution < 1.29 is 27.7 Å². The molecule has 0 atom stereocenters. The largest absolute Gasteiger partial charge is 0.433 e. The standard InChI is InChI=1S/C20H16ClF3N8O4S/c1-7-10(5-26-30(7)3)9-4-11(20(22,23)24)27-19-13(9)15(16(37-19)17(25)34)28-12(33)6-31-8(2)14(21)18(29-31)32(35)36/h4-5H,6H2,1-3H3,(H2,25,34)(H,28,33). The van der Waals surface area contributed by atoms with Crippen molar-refractivity contribution in [3.8, 4) is 11.1 Å². The number of fused-ring (bicyclic) bond motifs is 1. The molecule has 4 rings (SSSR count). The van der Waals surface area contributed by atoms with Crippen LogP contribution in [0.25, 0.3) is 21.3 Å². The normalized spacial score (nSPS) is 11.8. The van der Waals surface area contributed by atoms with Gasteiger partial charge in [-0.3, -0.25) is 14.3 Å². The number of pyridine rings is 1. The number of halogens is 4. The molecule has 0 aliphatic carbocycles. The summed E-state index contributed by atoms with van der Waals surface area (Å²) in [4.78, 5) is 38.7. The minimum Gasteiger partial charge on any atom is -0.365 e. The van der Waals surface area contributed by atoms with Crippen molar-refractivity contribution in [2.24, 2.45) is 12.8 Å². The molecule has 0 aromatic carbocycles. The Kier molecular flexibility index (Phi) is 6.41. The van der Waals surface area contributed by atoms with E-state index in [0.29, 0.717) is 22.6 Å². The summed E-state index contributed by atoms with van der Waals surface area (Å²) >= 11 is 6.50. The molecule has 3 N–H and O–H groups in total. The molecule has 0 spiro atoms. The first-order valence-corrected chi connectivity index (χ1v) is 11.4. The summed E-state index contributed by atoms with van der Waals surface area (Å²) in [5.74, 6) is -2.45. The van der Waals surface area contributed by atoms with E-state index in [-0.39, 0.29) is 37.1 Å². The van der Waals surface area contributed by atoms with Crippen molar-refractivity contribution in [1.29, 1.82) is 0 Å². The van der Waals surface area contributed by atoms with Crippen LogP contribution in [0.5, 0.6) is 0 Å². The number of nitro groups is 1. The van der Waals surface area contributed by atoms with Crippen LogP contribution in [0.1, 0.15) is 26.8 Å². The molecule has 0 unspecified atom stereocenters. The third-order valence-corrected chi connectivity index (χ3v) is 7.09. The average molecular weight is 557 g/mol. The fourth-order valence-electron chi connectivity index (χ4n) is 3.61. The van der Waals surface area contributed by atoms with Crippen molar-refractivity contribution in [2.75, 3.05) is 5.32 Å². The summed E-state index contributed by atoms with van der Waals surface area (Å²) in [5.41, 5.74) is 5.11. The average Bonchev–Trinajstić information content (AvgIpc) is 3.42. The van der Waals surface area contributed by atoms with Crippen molar-refractivity contribution in [3.63, 3.8) is 0 Å². The Bertz CT molecular complexity index is 1610. The van der Waals surface area contributed by atoms with E-state index in [1.54, 1.807) is 14.0 Å². The first-order chi connectivity index (χ1) is 17.2. The fraction of sp³-hybridized carbons (Fsp3) is 0.250. The number of anilines is 1. The Hall–Kier alpha value is -4.05. The Balaban J connectivity index is 1.88. The van der Waals surface area contributed by atoms with Gasteiger partial charge in [0.15, 0.2) is 5.02 Å². The molecule has 0 fully saturated rings. The number of thiophene rings is 1. The highest BCUT2D eigenvalue weighted by atomic mass is 35.5. The lowest BCUT2D eigenvalue weighted by molar-refractivity contribution is -0.389. The van der Waals surface area contributed by atoms with Crippen LogP contribution >= 0.6 is 22.9 Å². The van der Waals surface area contributed by atoms with E-state index in [1.165, 1.54) is 17.8 Å². The molecule has 2 amide bonds. The van der Waals surface area contributed by atoms with E-state index in [0.717, 1.165) is 10.7 Å². The third-order valence-electron chi connectivity index (χ3n) is 5.55. The van der Waals surface area contributed by atoms with Crippen molar-refractivity contribution >= 4 is 56.5 Å². The number of primary amides is 1. The maximum atomic E-state index is 13.7. The van der Waals surface area contributed by atoms with Crippen molar-refractivity contribution in [3.05, 3.63) is 49.4 Å². The van der Waals surface area contributed by atoms with Crippen LogP contribution in [-0.2, 0) is 24.6 Å². The second kappa shape index (κ2) is 9.11. The van der Waals surface area contributed by atoms with Crippen LogP contribution in [0.4, 0.5) is 24.7 Å².